The minimum absolute atomic E-state index is 0.196. The normalized spacial score (nSPS) is 11.1. The zero-order chi connectivity index (χ0) is 21.7. The van der Waals surface area contributed by atoms with Crippen molar-refractivity contribution in [2.45, 2.75) is 40.3 Å². The van der Waals surface area contributed by atoms with Crippen LogP contribution in [0.3, 0.4) is 0 Å². The lowest BCUT2D eigenvalue weighted by atomic mass is 10.1. The van der Waals surface area contributed by atoms with E-state index in [2.05, 4.69) is 10.3 Å². The Morgan fingerprint density at radius 1 is 1.13 bits per heavy atom. The van der Waals surface area contributed by atoms with Crippen molar-refractivity contribution in [3.8, 4) is 5.75 Å². The smallest absolute Gasteiger partial charge is 0.333 e. The third-order valence-electron chi connectivity index (χ3n) is 4.67. The summed E-state index contributed by atoms with van der Waals surface area (Å²) in [5.41, 5.74) is -0.216. The number of nitrogens with one attached hydrogen (secondary N) is 1. The van der Waals surface area contributed by atoms with E-state index < -0.39 is 11.6 Å². The van der Waals surface area contributed by atoms with Gasteiger partial charge in [-0.25, -0.2) is 9.78 Å². The van der Waals surface area contributed by atoms with E-state index in [1.54, 1.807) is 30.3 Å². The number of anilines is 1. The number of amides is 1. The van der Waals surface area contributed by atoms with Crippen LogP contribution in [-0.4, -0.2) is 26.6 Å². The number of ether oxygens (including phenoxy) is 1. The number of benzene rings is 1. The second-order valence-corrected chi connectivity index (χ2v) is 7.36. The van der Waals surface area contributed by atoms with Crippen LogP contribution in [0.1, 0.15) is 27.2 Å². The molecule has 0 saturated heterocycles. The molecule has 1 aromatic carbocycles. The number of carbonyl (C=O) groups is 1. The molecule has 3 aromatic rings. The third-order valence-corrected chi connectivity index (χ3v) is 4.67. The van der Waals surface area contributed by atoms with Gasteiger partial charge in [0.05, 0.1) is 17.7 Å². The van der Waals surface area contributed by atoms with Crippen molar-refractivity contribution in [2.24, 2.45) is 5.92 Å². The van der Waals surface area contributed by atoms with Gasteiger partial charge in [-0.05, 0) is 43.5 Å². The Labute approximate surface area is 174 Å². The first kappa shape index (κ1) is 21.3. The first-order valence-electron chi connectivity index (χ1n) is 10.0. The lowest BCUT2D eigenvalue weighted by molar-refractivity contribution is -0.116. The quantitative estimate of drug-likeness (QED) is 0.616. The van der Waals surface area contributed by atoms with Crippen LogP contribution in [0.15, 0.2) is 52.2 Å². The maximum absolute atomic E-state index is 13.1. The number of para-hydroxylation sites is 2. The van der Waals surface area contributed by atoms with Crippen LogP contribution >= 0.6 is 0 Å². The minimum Gasteiger partial charge on any atom is -0.492 e. The number of rotatable bonds is 8. The topological polar surface area (TPSA) is 95.2 Å². The lowest BCUT2D eigenvalue weighted by Gasteiger charge is -2.15. The Bertz CT molecular complexity index is 1160. The van der Waals surface area contributed by atoms with Crippen LogP contribution < -0.4 is 21.3 Å². The van der Waals surface area contributed by atoms with Gasteiger partial charge in [0, 0.05) is 12.7 Å². The maximum Gasteiger partial charge on any atom is 0.333 e. The molecule has 8 heteroatoms. The summed E-state index contributed by atoms with van der Waals surface area (Å²) in [6.07, 6.45) is 2.17. The molecule has 0 spiro atoms. The van der Waals surface area contributed by atoms with Gasteiger partial charge in [0.1, 0.15) is 17.9 Å². The Kier molecular flexibility index (Phi) is 6.66. The highest BCUT2D eigenvalue weighted by molar-refractivity contribution is 5.92. The number of fused-ring (bicyclic) bond motifs is 1. The van der Waals surface area contributed by atoms with Crippen molar-refractivity contribution in [1.29, 1.82) is 0 Å². The first-order chi connectivity index (χ1) is 14.4. The number of pyridine rings is 1. The van der Waals surface area contributed by atoms with Gasteiger partial charge in [0.15, 0.2) is 0 Å². The molecular weight excluding hydrogens is 384 g/mol. The van der Waals surface area contributed by atoms with Gasteiger partial charge < -0.3 is 10.1 Å². The molecule has 2 heterocycles. The van der Waals surface area contributed by atoms with E-state index in [0.29, 0.717) is 35.8 Å². The predicted octanol–water partition coefficient (Wildman–Crippen LogP) is 2.64. The predicted molar refractivity (Wildman–Crippen MR) is 116 cm³/mol. The molecule has 3 rings (SSSR count). The number of hydrogen-bond acceptors (Lipinski definition) is 5. The lowest BCUT2D eigenvalue weighted by Crippen LogP contribution is -2.42. The van der Waals surface area contributed by atoms with Gasteiger partial charge in [0.25, 0.3) is 5.56 Å². The van der Waals surface area contributed by atoms with E-state index >= 15 is 0 Å². The summed E-state index contributed by atoms with van der Waals surface area (Å²) in [6, 6.07) is 10.3. The fraction of sp³-hybridized carbons (Fsp3) is 0.364. The Morgan fingerprint density at radius 2 is 1.90 bits per heavy atom. The summed E-state index contributed by atoms with van der Waals surface area (Å²) in [6.45, 7) is 6.38. The number of carbonyl (C=O) groups excluding carboxylic acids is 1. The monoisotopic (exact) mass is 410 g/mol. The summed E-state index contributed by atoms with van der Waals surface area (Å²) in [4.78, 5) is 42.8. The molecule has 0 unspecified atom stereocenters. The average Bonchev–Trinajstić information content (AvgIpc) is 2.72. The second kappa shape index (κ2) is 9.39. The van der Waals surface area contributed by atoms with Crippen LogP contribution in [0.2, 0.25) is 0 Å². The molecule has 0 aliphatic heterocycles. The number of hydrogen-bond donors (Lipinski definition) is 1. The Morgan fingerprint density at radius 3 is 2.63 bits per heavy atom. The van der Waals surface area contributed by atoms with Gasteiger partial charge in [0.2, 0.25) is 5.91 Å². The molecule has 2 aromatic heterocycles. The molecule has 30 heavy (non-hydrogen) atoms. The van der Waals surface area contributed by atoms with E-state index in [4.69, 9.17) is 4.74 Å². The zero-order valence-corrected chi connectivity index (χ0v) is 17.4. The molecule has 0 aliphatic rings. The number of aromatic nitrogens is 3. The standard InChI is InChI=1S/C22H26N4O4/c1-4-30-18-10-6-5-9-17(18)24-19(27)14-26-20-16(8-7-12-23-20)21(28)25(22(26)29)13-11-15(2)3/h5-10,12,15H,4,11,13-14H2,1-3H3,(H,24,27). The average molecular weight is 410 g/mol. The summed E-state index contributed by atoms with van der Waals surface area (Å²) in [5.74, 6) is 0.462. The van der Waals surface area contributed by atoms with Crippen molar-refractivity contribution in [3.63, 3.8) is 0 Å². The van der Waals surface area contributed by atoms with Gasteiger partial charge >= 0.3 is 5.69 Å². The van der Waals surface area contributed by atoms with Crippen molar-refractivity contribution in [2.75, 3.05) is 11.9 Å². The molecule has 0 fully saturated rings. The molecule has 0 aliphatic carbocycles. The van der Waals surface area contributed by atoms with Gasteiger partial charge in [-0.1, -0.05) is 26.0 Å². The van der Waals surface area contributed by atoms with Crippen LogP contribution in [-0.2, 0) is 17.9 Å². The summed E-state index contributed by atoms with van der Waals surface area (Å²) < 4.78 is 7.96. The highest BCUT2D eigenvalue weighted by Gasteiger charge is 2.17. The number of nitrogens with zero attached hydrogens (tertiary/aromatic N) is 3. The molecule has 8 nitrogen and oxygen atoms in total. The first-order valence-corrected chi connectivity index (χ1v) is 10.0. The van der Waals surface area contributed by atoms with Crippen molar-refractivity contribution in [1.82, 2.24) is 14.1 Å². The second-order valence-electron chi connectivity index (χ2n) is 7.36. The van der Waals surface area contributed by atoms with Crippen molar-refractivity contribution >= 4 is 22.6 Å². The molecule has 1 N–H and O–H groups in total. The van der Waals surface area contributed by atoms with E-state index in [-0.39, 0.29) is 24.3 Å². The largest absolute Gasteiger partial charge is 0.492 e. The third kappa shape index (κ3) is 4.59. The minimum atomic E-state index is -0.542. The maximum atomic E-state index is 13.1. The molecule has 0 radical (unpaired) electrons. The van der Waals surface area contributed by atoms with E-state index in [1.807, 2.05) is 26.8 Å². The summed E-state index contributed by atoms with van der Waals surface area (Å²) in [5, 5.41) is 3.09. The summed E-state index contributed by atoms with van der Waals surface area (Å²) >= 11 is 0. The Balaban J connectivity index is 1.98. The van der Waals surface area contributed by atoms with Gasteiger partial charge in [-0.3, -0.25) is 18.7 Å². The van der Waals surface area contributed by atoms with E-state index in [0.717, 1.165) is 0 Å². The molecule has 1 amide bonds. The fourth-order valence-electron chi connectivity index (χ4n) is 3.16. The van der Waals surface area contributed by atoms with Crippen molar-refractivity contribution < 1.29 is 9.53 Å². The molecule has 158 valence electrons. The van der Waals surface area contributed by atoms with E-state index in [1.165, 1.54) is 15.3 Å². The molecule has 0 bridgehead atoms. The summed E-state index contributed by atoms with van der Waals surface area (Å²) in [7, 11) is 0. The van der Waals surface area contributed by atoms with Gasteiger partial charge in [-0.2, -0.15) is 0 Å². The van der Waals surface area contributed by atoms with Crippen LogP contribution in [0.25, 0.3) is 11.0 Å². The highest BCUT2D eigenvalue weighted by atomic mass is 16.5. The fourth-order valence-corrected chi connectivity index (χ4v) is 3.16. The highest BCUT2D eigenvalue weighted by Crippen LogP contribution is 2.23. The SMILES string of the molecule is CCOc1ccccc1NC(=O)Cn1c(=O)n(CCC(C)C)c(=O)c2cccnc21. The molecule has 0 atom stereocenters. The Hall–Kier alpha value is -3.42. The van der Waals surface area contributed by atoms with Crippen molar-refractivity contribution in [3.05, 3.63) is 63.4 Å². The molecular formula is C22H26N4O4. The van der Waals surface area contributed by atoms with E-state index in [9.17, 15) is 14.4 Å². The van der Waals surface area contributed by atoms with Crippen LogP contribution in [0.4, 0.5) is 5.69 Å². The molecule has 0 saturated carbocycles. The van der Waals surface area contributed by atoms with Gasteiger partial charge in [-0.15, -0.1) is 0 Å². The van der Waals surface area contributed by atoms with Crippen LogP contribution in [0, 0.1) is 5.92 Å². The zero-order valence-electron chi connectivity index (χ0n) is 17.4. The van der Waals surface area contributed by atoms with Crippen LogP contribution in [0.5, 0.6) is 5.75 Å².